The Morgan fingerprint density at radius 3 is 2.65 bits per heavy atom. The van der Waals surface area contributed by atoms with Crippen LogP contribution in [0.25, 0.3) is 0 Å². The predicted molar refractivity (Wildman–Crippen MR) is 69.9 cm³/mol. The van der Waals surface area contributed by atoms with E-state index >= 15 is 0 Å². The minimum absolute atomic E-state index is 0.204. The average Bonchev–Trinajstić information content (AvgIpc) is 2.29. The second-order valence-corrected chi connectivity index (χ2v) is 4.88. The monoisotopic (exact) mass is 255 g/mol. The van der Waals surface area contributed by atoms with Crippen LogP contribution in [-0.2, 0) is 0 Å². The highest BCUT2D eigenvalue weighted by atomic mass is 32.2. The first-order chi connectivity index (χ1) is 8.09. The van der Waals surface area contributed by atoms with Gasteiger partial charge in [0.05, 0.1) is 12.2 Å². The van der Waals surface area contributed by atoms with Gasteiger partial charge < -0.3 is 15.6 Å². The summed E-state index contributed by atoms with van der Waals surface area (Å²) >= 11 is 1.74. The standard InChI is InChI=1S/C12H17NO3S/c1-9(13)8-17-7-6-16-11-4-2-10(3-5-11)12(14)15/h2-5,9H,6-8,13H2,1H3,(H,14,15). The molecule has 0 bridgehead atoms. The molecule has 0 aromatic heterocycles. The predicted octanol–water partition coefficient (Wildman–Crippen LogP) is 1.84. The Balaban J connectivity index is 2.25. The molecule has 0 radical (unpaired) electrons. The average molecular weight is 255 g/mol. The number of rotatable bonds is 7. The molecule has 0 amide bonds. The fraction of sp³-hybridized carbons (Fsp3) is 0.417. The molecule has 0 saturated carbocycles. The van der Waals surface area contributed by atoms with Gasteiger partial charge in [-0.1, -0.05) is 0 Å². The molecule has 0 saturated heterocycles. The van der Waals surface area contributed by atoms with E-state index < -0.39 is 5.97 Å². The quantitative estimate of drug-likeness (QED) is 0.727. The molecule has 0 fully saturated rings. The smallest absolute Gasteiger partial charge is 0.335 e. The Labute approximate surface area is 105 Å². The summed E-state index contributed by atoms with van der Waals surface area (Å²) in [7, 11) is 0. The van der Waals surface area contributed by atoms with Crippen molar-refractivity contribution in [1.29, 1.82) is 0 Å². The minimum Gasteiger partial charge on any atom is -0.493 e. The summed E-state index contributed by atoms with van der Waals surface area (Å²) in [6.07, 6.45) is 0. The lowest BCUT2D eigenvalue weighted by molar-refractivity contribution is 0.0697. The van der Waals surface area contributed by atoms with Crippen LogP contribution >= 0.6 is 11.8 Å². The fourth-order valence-electron chi connectivity index (χ4n) is 1.18. The van der Waals surface area contributed by atoms with E-state index in [1.54, 1.807) is 23.9 Å². The number of carbonyl (C=O) groups is 1. The van der Waals surface area contributed by atoms with Gasteiger partial charge in [-0.3, -0.25) is 0 Å². The fourth-order valence-corrected chi connectivity index (χ4v) is 1.92. The van der Waals surface area contributed by atoms with Crippen LogP contribution in [0.5, 0.6) is 5.75 Å². The van der Waals surface area contributed by atoms with E-state index in [-0.39, 0.29) is 11.6 Å². The number of nitrogens with two attached hydrogens (primary N) is 1. The Morgan fingerprint density at radius 2 is 2.12 bits per heavy atom. The summed E-state index contributed by atoms with van der Waals surface area (Å²) in [6, 6.07) is 6.61. The van der Waals surface area contributed by atoms with Crippen LogP contribution in [0.15, 0.2) is 24.3 Å². The number of aromatic carboxylic acids is 1. The van der Waals surface area contributed by atoms with Crippen molar-refractivity contribution < 1.29 is 14.6 Å². The van der Waals surface area contributed by atoms with Crippen molar-refractivity contribution in [3.05, 3.63) is 29.8 Å². The van der Waals surface area contributed by atoms with Crippen LogP contribution in [0.1, 0.15) is 17.3 Å². The Hall–Kier alpha value is -1.20. The molecule has 0 aliphatic rings. The molecule has 0 heterocycles. The van der Waals surface area contributed by atoms with Gasteiger partial charge in [-0.25, -0.2) is 4.79 Å². The molecule has 94 valence electrons. The Bertz CT molecular complexity index is 351. The van der Waals surface area contributed by atoms with Gasteiger partial charge in [0.15, 0.2) is 0 Å². The maximum absolute atomic E-state index is 10.6. The number of hydrogen-bond donors (Lipinski definition) is 2. The zero-order valence-corrected chi connectivity index (χ0v) is 10.6. The van der Waals surface area contributed by atoms with Gasteiger partial charge in [0.25, 0.3) is 0 Å². The van der Waals surface area contributed by atoms with Crippen molar-refractivity contribution in [2.45, 2.75) is 13.0 Å². The molecule has 1 aromatic rings. The minimum atomic E-state index is -0.927. The summed E-state index contributed by atoms with van der Waals surface area (Å²) in [6.45, 7) is 2.57. The lowest BCUT2D eigenvalue weighted by Gasteiger charge is -2.07. The van der Waals surface area contributed by atoms with Crippen LogP contribution in [0.2, 0.25) is 0 Å². The SMILES string of the molecule is CC(N)CSCCOc1ccc(C(=O)O)cc1. The van der Waals surface area contributed by atoms with Gasteiger partial charge in [-0.15, -0.1) is 0 Å². The molecule has 4 nitrogen and oxygen atoms in total. The van der Waals surface area contributed by atoms with Crippen molar-refractivity contribution in [2.24, 2.45) is 5.73 Å². The molecule has 0 aliphatic carbocycles. The van der Waals surface area contributed by atoms with Crippen molar-refractivity contribution in [3.63, 3.8) is 0 Å². The lowest BCUT2D eigenvalue weighted by atomic mass is 10.2. The third kappa shape index (κ3) is 5.60. The zero-order valence-electron chi connectivity index (χ0n) is 9.76. The molecule has 1 atom stereocenters. The molecule has 1 aromatic carbocycles. The lowest BCUT2D eigenvalue weighted by Crippen LogP contribution is -2.18. The first kappa shape index (κ1) is 13.9. The normalized spacial score (nSPS) is 12.1. The summed E-state index contributed by atoms with van der Waals surface area (Å²) in [5.74, 6) is 1.56. The first-order valence-electron chi connectivity index (χ1n) is 5.39. The Kier molecular flexibility index (Phi) is 5.86. The summed E-state index contributed by atoms with van der Waals surface area (Å²) in [5, 5.41) is 8.72. The number of hydrogen-bond acceptors (Lipinski definition) is 4. The molecule has 0 aliphatic heterocycles. The van der Waals surface area contributed by atoms with Crippen LogP contribution in [0, 0.1) is 0 Å². The molecule has 0 spiro atoms. The molecule has 1 rings (SSSR count). The van der Waals surface area contributed by atoms with E-state index in [4.69, 9.17) is 15.6 Å². The van der Waals surface area contributed by atoms with Gasteiger partial charge in [-0.2, -0.15) is 11.8 Å². The molecule has 3 N–H and O–H groups in total. The number of benzene rings is 1. The van der Waals surface area contributed by atoms with Crippen molar-refractivity contribution >= 4 is 17.7 Å². The molecule has 17 heavy (non-hydrogen) atoms. The first-order valence-corrected chi connectivity index (χ1v) is 6.54. The van der Waals surface area contributed by atoms with Gasteiger partial charge in [0.2, 0.25) is 0 Å². The molecule has 1 unspecified atom stereocenters. The van der Waals surface area contributed by atoms with E-state index in [2.05, 4.69) is 0 Å². The third-order valence-electron chi connectivity index (χ3n) is 1.98. The second-order valence-electron chi connectivity index (χ2n) is 3.73. The largest absolute Gasteiger partial charge is 0.493 e. The van der Waals surface area contributed by atoms with Gasteiger partial charge in [0, 0.05) is 17.5 Å². The van der Waals surface area contributed by atoms with Crippen molar-refractivity contribution in [3.8, 4) is 5.75 Å². The summed E-state index contributed by atoms with van der Waals surface area (Å²) < 4.78 is 5.47. The van der Waals surface area contributed by atoms with Crippen LogP contribution in [-0.4, -0.2) is 35.2 Å². The van der Waals surface area contributed by atoms with Crippen LogP contribution in [0.3, 0.4) is 0 Å². The molecular formula is C12H17NO3S. The van der Waals surface area contributed by atoms with E-state index in [1.165, 1.54) is 12.1 Å². The maximum Gasteiger partial charge on any atom is 0.335 e. The second kappa shape index (κ2) is 7.19. The highest BCUT2D eigenvalue weighted by Crippen LogP contribution is 2.12. The number of carboxylic acid groups (broad SMARTS) is 1. The summed E-state index contributed by atoms with van der Waals surface area (Å²) in [4.78, 5) is 10.6. The number of thioether (sulfide) groups is 1. The van der Waals surface area contributed by atoms with E-state index in [0.717, 1.165) is 11.5 Å². The highest BCUT2D eigenvalue weighted by Gasteiger charge is 2.02. The topological polar surface area (TPSA) is 72.5 Å². The van der Waals surface area contributed by atoms with E-state index in [9.17, 15) is 4.79 Å². The molecular weight excluding hydrogens is 238 g/mol. The highest BCUT2D eigenvalue weighted by molar-refractivity contribution is 7.99. The Morgan fingerprint density at radius 1 is 1.47 bits per heavy atom. The molecule has 5 heteroatoms. The zero-order chi connectivity index (χ0) is 12.7. The van der Waals surface area contributed by atoms with Crippen LogP contribution in [0.4, 0.5) is 0 Å². The number of carboxylic acids is 1. The van der Waals surface area contributed by atoms with Crippen LogP contribution < -0.4 is 10.5 Å². The van der Waals surface area contributed by atoms with E-state index in [0.29, 0.717) is 12.4 Å². The van der Waals surface area contributed by atoms with Gasteiger partial charge in [-0.05, 0) is 31.2 Å². The third-order valence-corrected chi connectivity index (χ3v) is 3.20. The number of ether oxygens (including phenoxy) is 1. The summed E-state index contributed by atoms with van der Waals surface area (Å²) in [5.41, 5.74) is 5.88. The van der Waals surface area contributed by atoms with Crippen molar-refractivity contribution in [1.82, 2.24) is 0 Å². The van der Waals surface area contributed by atoms with Gasteiger partial charge >= 0.3 is 5.97 Å². The maximum atomic E-state index is 10.6. The van der Waals surface area contributed by atoms with Gasteiger partial charge in [0.1, 0.15) is 5.75 Å². The van der Waals surface area contributed by atoms with E-state index in [1.807, 2.05) is 6.92 Å². The van der Waals surface area contributed by atoms with Crippen molar-refractivity contribution in [2.75, 3.05) is 18.1 Å².